The Morgan fingerprint density at radius 2 is 2.04 bits per heavy atom. The van der Waals surface area contributed by atoms with E-state index in [4.69, 9.17) is 15.9 Å². The largest absolute Gasteiger partial charge is 0.504 e. The molecule has 1 amide bonds. The Bertz CT molecular complexity index is 1200. The number of amides is 1. The molecule has 0 aromatic carbocycles. The summed E-state index contributed by atoms with van der Waals surface area (Å²) in [5, 5.41) is 19.1. The molecule has 0 aliphatic heterocycles. The molecule has 11 heteroatoms. The molecule has 0 aliphatic carbocycles. The maximum atomic E-state index is 11.8. The average Bonchev–Trinajstić information content (AvgIpc) is 3.37. The first-order chi connectivity index (χ1) is 13.4. The predicted octanol–water partition coefficient (Wildman–Crippen LogP) is 0.770. The molecule has 0 bridgehead atoms. The quantitative estimate of drug-likeness (QED) is 0.455. The van der Waals surface area contributed by atoms with Gasteiger partial charge in [-0.25, -0.2) is 9.97 Å². The molecule has 0 fully saturated rings. The average molecular weight is 382 g/mol. The number of pyridine rings is 1. The van der Waals surface area contributed by atoms with E-state index in [1.54, 1.807) is 28.7 Å². The molecule has 0 saturated carbocycles. The molecule has 28 heavy (non-hydrogen) atoms. The highest BCUT2D eigenvalue weighted by Gasteiger charge is 2.24. The number of aryl methyl sites for hydroxylation is 2. The van der Waals surface area contributed by atoms with Crippen LogP contribution >= 0.6 is 0 Å². The van der Waals surface area contributed by atoms with Gasteiger partial charge in [0.2, 0.25) is 5.89 Å². The van der Waals surface area contributed by atoms with Gasteiger partial charge < -0.3 is 21.0 Å². The van der Waals surface area contributed by atoms with Gasteiger partial charge in [0.1, 0.15) is 22.8 Å². The fraction of sp³-hybridized carbons (Fsp3) is 0.235. The lowest BCUT2D eigenvalue weighted by molar-refractivity contribution is 0.0996. The lowest BCUT2D eigenvalue weighted by atomic mass is 10.1. The molecule has 4 aromatic heterocycles. The highest BCUT2D eigenvalue weighted by molar-refractivity contribution is 5.99. The summed E-state index contributed by atoms with van der Waals surface area (Å²) in [4.78, 5) is 20.6. The van der Waals surface area contributed by atoms with Crippen molar-refractivity contribution in [2.45, 2.75) is 20.0 Å². The number of hydrogen-bond acceptors (Lipinski definition) is 8. The van der Waals surface area contributed by atoms with E-state index in [-0.39, 0.29) is 23.9 Å². The Morgan fingerprint density at radius 3 is 2.71 bits per heavy atom. The van der Waals surface area contributed by atoms with Gasteiger partial charge in [0.05, 0.1) is 24.5 Å². The second-order valence-electron chi connectivity index (χ2n) is 6.11. The van der Waals surface area contributed by atoms with Crippen molar-refractivity contribution in [1.29, 1.82) is 0 Å². The van der Waals surface area contributed by atoms with Crippen molar-refractivity contribution in [3.63, 3.8) is 0 Å². The number of hydrogen-bond donors (Lipinski definition) is 3. The van der Waals surface area contributed by atoms with Crippen LogP contribution in [-0.4, -0.2) is 40.5 Å². The van der Waals surface area contributed by atoms with Crippen molar-refractivity contribution >= 4 is 16.8 Å². The van der Waals surface area contributed by atoms with E-state index in [1.807, 2.05) is 6.92 Å². The molecule has 0 radical (unpaired) electrons. The minimum Gasteiger partial charge on any atom is -0.504 e. The van der Waals surface area contributed by atoms with Gasteiger partial charge in [0.15, 0.2) is 11.4 Å². The van der Waals surface area contributed by atoms with Crippen LogP contribution in [0.2, 0.25) is 0 Å². The van der Waals surface area contributed by atoms with Crippen molar-refractivity contribution < 1.29 is 14.3 Å². The fourth-order valence-corrected chi connectivity index (χ4v) is 3.06. The predicted molar refractivity (Wildman–Crippen MR) is 99.0 cm³/mol. The second kappa shape index (κ2) is 6.46. The Kier molecular flexibility index (Phi) is 4.08. The number of nitrogens with two attached hydrogens (primary N) is 2. The summed E-state index contributed by atoms with van der Waals surface area (Å²) < 4.78 is 8.96. The van der Waals surface area contributed by atoms with Crippen LogP contribution in [0.25, 0.3) is 33.9 Å². The molecule has 5 N–H and O–H groups in total. The summed E-state index contributed by atoms with van der Waals surface area (Å²) in [6, 6.07) is 1.56. The normalized spacial score (nSPS) is 11.4. The van der Waals surface area contributed by atoms with Crippen LogP contribution in [-0.2, 0) is 20.1 Å². The minimum atomic E-state index is -0.677. The van der Waals surface area contributed by atoms with Gasteiger partial charge in [-0.2, -0.15) is 10.2 Å². The summed E-state index contributed by atoms with van der Waals surface area (Å²) in [7, 11) is 1.74. The van der Waals surface area contributed by atoms with E-state index in [9.17, 15) is 9.90 Å². The zero-order chi connectivity index (χ0) is 20.0. The molecule has 4 aromatic rings. The Balaban J connectivity index is 1.99. The number of rotatable bonds is 5. The monoisotopic (exact) mass is 382 g/mol. The maximum absolute atomic E-state index is 11.8. The van der Waals surface area contributed by atoms with Crippen LogP contribution in [0.3, 0.4) is 0 Å². The first-order valence-corrected chi connectivity index (χ1v) is 8.52. The van der Waals surface area contributed by atoms with E-state index in [2.05, 4.69) is 20.2 Å². The third-order valence-corrected chi connectivity index (χ3v) is 4.43. The SMILES string of the molecule is CCn1ncc(O)c1-c1nc(-c2nc(C(N)=O)cc3c2cnn3C)c(CN)o1. The zero-order valence-electron chi connectivity index (χ0n) is 15.2. The molecule has 0 atom stereocenters. The zero-order valence-corrected chi connectivity index (χ0v) is 15.2. The number of nitrogens with zero attached hydrogens (tertiary/aromatic N) is 6. The number of aromatic nitrogens is 6. The minimum absolute atomic E-state index is 0.0353. The van der Waals surface area contributed by atoms with Crippen LogP contribution in [0.4, 0.5) is 0 Å². The van der Waals surface area contributed by atoms with E-state index >= 15 is 0 Å². The first kappa shape index (κ1) is 17.7. The van der Waals surface area contributed by atoms with Crippen molar-refractivity contribution in [3.8, 4) is 28.7 Å². The number of aromatic hydroxyl groups is 1. The van der Waals surface area contributed by atoms with Crippen LogP contribution in [0, 0.1) is 0 Å². The molecule has 11 nitrogen and oxygen atoms in total. The smallest absolute Gasteiger partial charge is 0.267 e. The van der Waals surface area contributed by atoms with Gasteiger partial charge in [0.25, 0.3) is 5.91 Å². The van der Waals surface area contributed by atoms with Gasteiger partial charge >= 0.3 is 0 Å². The summed E-state index contributed by atoms with van der Waals surface area (Å²) in [5.74, 6) is -0.249. The summed E-state index contributed by atoms with van der Waals surface area (Å²) in [5.41, 5.74) is 13.1. The standard InChI is InChI=1S/C17H18N8O3/c1-3-25-15(11(26)7-21-25)17-23-14(12(5-18)28-17)13-8-6-20-24(2)10(8)4-9(22-13)16(19)27/h4,6-7,26H,3,5,18H2,1-2H3,(H2,19,27). The molecule has 0 spiro atoms. The van der Waals surface area contributed by atoms with Crippen molar-refractivity contribution in [1.82, 2.24) is 29.5 Å². The molecule has 144 valence electrons. The van der Waals surface area contributed by atoms with Crippen molar-refractivity contribution in [3.05, 3.63) is 29.9 Å². The van der Waals surface area contributed by atoms with Gasteiger partial charge in [-0.15, -0.1) is 0 Å². The van der Waals surface area contributed by atoms with Crippen molar-refractivity contribution in [2.75, 3.05) is 0 Å². The number of carbonyl (C=O) groups excluding carboxylic acids is 1. The molecule has 0 aliphatic rings. The fourth-order valence-electron chi connectivity index (χ4n) is 3.06. The first-order valence-electron chi connectivity index (χ1n) is 8.52. The summed E-state index contributed by atoms with van der Waals surface area (Å²) in [6.45, 7) is 2.42. The van der Waals surface area contributed by atoms with E-state index in [0.717, 1.165) is 0 Å². The molecule has 4 heterocycles. The molecular weight excluding hydrogens is 364 g/mol. The third kappa shape index (κ3) is 2.60. The van der Waals surface area contributed by atoms with Crippen LogP contribution in [0.15, 0.2) is 22.9 Å². The topological polar surface area (TPSA) is 164 Å². The van der Waals surface area contributed by atoms with E-state index in [1.165, 1.54) is 6.20 Å². The highest BCUT2D eigenvalue weighted by Crippen LogP contribution is 2.35. The number of oxazole rings is 1. The molecule has 0 unspecified atom stereocenters. The second-order valence-corrected chi connectivity index (χ2v) is 6.11. The molecule has 0 saturated heterocycles. The number of fused-ring (bicyclic) bond motifs is 1. The molecular formula is C17H18N8O3. The van der Waals surface area contributed by atoms with Crippen LogP contribution < -0.4 is 11.5 Å². The van der Waals surface area contributed by atoms with Gasteiger partial charge in [-0.1, -0.05) is 0 Å². The summed E-state index contributed by atoms with van der Waals surface area (Å²) in [6.07, 6.45) is 2.93. The lowest BCUT2D eigenvalue weighted by Crippen LogP contribution is -2.14. The number of carbonyl (C=O) groups is 1. The van der Waals surface area contributed by atoms with Gasteiger partial charge in [0, 0.05) is 19.0 Å². The Hall–Kier alpha value is -3.73. The van der Waals surface area contributed by atoms with Gasteiger partial charge in [-0.3, -0.25) is 14.2 Å². The molecule has 4 rings (SSSR count). The third-order valence-electron chi connectivity index (χ3n) is 4.43. The Labute approximate surface area is 158 Å². The van der Waals surface area contributed by atoms with Gasteiger partial charge in [-0.05, 0) is 13.0 Å². The van der Waals surface area contributed by atoms with Crippen LogP contribution in [0.5, 0.6) is 5.75 Å². The van der Waals surface area contributed by atoms with E-state index < -0.39 is 5.91 Å². The van der Waals surface area contributed by atoms with Crippen LogP contribution in [0.1, 0.15) is 23.2 Å². The number of primary amides is 1. The Morgan fingerprint density at radius 1 is 1.25 bits per heavy atom. The lowest BCUT2D eigenvalue weighted by Gasteiger charge is -2.04. The van der Waals surface area contributed by atoms with E-state index in [0.29, 0.717) is 40.3 Å². The maximum Gasteiger partial charge on any atom is 0.267 e. The summed E-state index contributed by atoms with van der Waals surface area (Å²) >= 11 is 0. The van der Waals surface area contributed by atoms with Crippen molar-refractivity contribution in [2.24, 2.45) is 18.5 Å². The highest BCUT2D eigenvalue weighted by atomic mass is 16.4.